The van der Waals surface area contributed by atoms with Crippen molar-refractivity contribution in [2.24, 2.45) is 0 Å². The average Bonchev–Trinajstić information content (AvgIpc) is 2.46. The summed E-state index contributed by atoms with van der Waals surface area (Å²) in [4.78, 5) is 8.48. The van der Waals surface area contributed by atoms with Crippen LogP contribution in [0, 0.1) is 6.92 Å². The van der Waals surface area contributed by atoms with E-state index in [4.69, 9.17) is 0 Å². The molecule has 0 amide bonds. The third-order valence-corrected chi connectivity index (χ3v) is 3.30. The maximum absolute atomic E-state index is 4.31. The number of fused-ring (bicyclic) bond motifs is 1. The van der Waals surface area contributed by atoms with Crippen molar-refractivity contribution in [2.75, 3.05) is 3.53 Å². The van der Waals surface area contributed by atoms with E-state index in [1.807, 2.05) is 13.0 Å². The molecule has 0 fully saturated rings. The molecule has 12 heavy (non-hydrogen) atoms. The smallest absolute Gasteiger partial charge is 0.192 e. The quantitative estimate of drug-likeness (QED) is 0.648. The zero-order chi connectivity index (χ0) is 8.55. The Balaban J connectivity index is 2.67. The Hall–Kier alpha value is -0.430. The van der Waals surface area contributed by atoms with Gasteiger partial charge in [0.2, 0.25) is 0 Å². The molecule has 0 aliphatic rings. The molecule has 2 heterocycles. The zero-order valence-electron chi connectivity index (χ0n) is 6.34. The highest BCUT2D eigenvalue weighted by molar-refractivity contribution is 14.1. The van der Waals surface area contributed by atoms with Crippen LogP contribution in [0.4, 0.5) is 5.13 Å². The lowest BCUT2D eigenvalue weighted by molar-refractivity contribution is 1.22. The molecule has 0 saturated carbocycles. The minimum Gasteiger partial charge on any atom is -0.304 e. The Kier molecular flexibility index (Phi) is 2.14. The molecule has 0 aromatic carbocycles. The van der Waals surface area contributed by atoms with Crippen LogP contribution in [0.3, 0.4) is 0 Å². The summed E-state index contributed by atoms with van der Waals surface area (Å²) >= 11 is 3.72. The molecule has 2 aromatic rings. The van der Waals surface area contributed by atoms with Crippen LogP contribution >= 0.6 is 34.2 Å². The maximum atomic E-state index is 4.31. The van der Waals surface area contributed by atoms with E-state index >= 15 is 0 Å². The fraction of sp³-hybridized carbons (Fsp3) is 0.143. The van der Waals surface area contributed by atoms with Gasteiger partial charge in [0.1, 0.15) is 5.52 Å². The first-order valence-corrected chi connectivity index (χ1v) is 5.29. The van der Waals surface area contributed by atoms with Gasteiger partial charge in [-0.15, -0.1) is 0 Å². The summed E-state index contributed by atoms with van der Waals surface area (Å²) in [6, 6.07) is 2.05. The predicted molar refractivity (Wildman–Crippen MR) is 59.8 cm³/mol. The van der Waals surface area contributed by atoms with Crippen molar-refractivity contribution in [3.63, 3.8) is 0 Å². The molecular formula is C7H6IN3S. The van der Waals surface area contributed by atoms with Crippen molar-refractivity contribution < 1.29 is 0 Å². The summed E-state index contributed by atoms with van der Waals surface area (Å²) in [6.07, 6.45) is 1.80. The molecular weight excluding hydrogens is 285 g/mol. The van der Waals surface area contributed by atoms with Crippen LogP contribution in [0.1, 0.15) is 5.69 Å². The molecule has 2 aromatic heterocycles. The molecule has 0 unspecified atom stereocenters. The lowest BCUT2D eigenvalue weighted by Crippen LogP contribution is -1.78. The van der Waals surface area contributed by atoms with Gasteiger partial charge in [-0.25, -0.2) is 4.98 Å². The van der Waals surface area contributed by atoms with Gasteiger partial charge in [0.25, 0.3) is 0 Å². The number of thiazole rings is 1. The van der Waals surface area contributed by atoms with Gasteiger partial charge >= 0.3 is 0 Å². The first kappa shape index (κ1) is 8.18. The summed E-state index contributed by atoms with van der Waals surface area (Å²) in [5.41, 5.74) is 2.00. The summed E-state index contributed by atoms with van der Waals surface area (Å²) in [7, 11) is 0. The van der Waals surface area contributed by atoms with E-state index in [0.717, 1.165) is 16.3 Å². The van der Waals surface area contributed by atoms with Gasteiger partial charge in [-0.2, -0.15) is 0 Å². The van der Waals surface area contributed by atoms with Gasteiger partial charge < -0.3 is 3.53 Å². The summed E-state index contributed by atoms with van der Waals surface area (Å²) in [5, 5.41) is 0.929. The van der Waals surface area contributed by atoms with Crippen molar-refractivity contribution in [3.8, 4) is 0 Å². The van der Waals surface area contributed by atoms with Crippen molar-refractivity contribution in [1.29, 1.82) is 0 Å². The van der Waals surface area contributed by atoms with Crippen molar-refractivity contribution in [3.05, 3.63) is 18.0 Å². The number of pyridine rings is 1. The summed E-state index contributed by atoms with van der Waals surface area (Å²) < 4.78 is 4.17. The molecule has 3 nitrogen and oxygen atoms in total. The molecule has 2 rings (SSSR count). The zero-order valence-corrected chi connectivity index (χ0v) is 9.31. The van der Waals surface area contributed by atoms with E-state index in [0.29, 0.717) is 0 Å². The largest absolute Gasteiger partial charge is 0.304 e. The number of aryl methyl sites for hydroxylation is 1. The van der Waals surface area contributed by atoms with Crippen LogP contribution in [-0.2, 0) is 0 Å². The van der Waals surface area contributed by atoms with Crippen LogP contribution in [0.5, 0.6) is 0 Å². The topological polar surface area (TPSA) is 37.8 Å². The van der Waals surface area contributed by atoms with Gasteiger partial charge in [0.05, 0.1) is 33.8 Å². The molecule has 0 spiro atoms. The first-order chi connectivity index (χ1) is 5.79. The Morgan fingerprint density at radius 2 is 2.42 bits per heavy atom. The predicted octanol–water partition coefficient (Wildman–Crippen LogP) is 2.76. The number of rotatable bonds is 1. The second kappa shape index (κ2) is 3.14. The van der Waals surface area contributed by atoms with E-state index < -0.39 is 0 Å². The van der Waals surface area contributed by atoms with E-state index in [9.17, 15) is 0 Å². The number of hydrogen-bond acceptors (Lipinski definition) is 4. The fourth-order valence-electron chi connectivity index (χ4n) is 0.970. The lowest BCUT2D eigenvalue weighted by Gasteiger charge is -1.87. The Bertz CT molecular complexity index is 412. The third kappa shape index (κ3) is 1.38. The van der Waals surface area contributed by atoms with Crippen molar-refractivity contribution in [2.45, 2.75) is 6.92 Å². The van der Waals surface area contributed by atoms with Gasteiger partial charge in [-0.3, -0.25) is 4.98 Å². The highest BCUT2D eigenvalue weighted by atomic mass is 127. The summed E-state index contributed by atoms with van der Waals surface area (Å²) in [5.74, 6) is 0. The van der Waals surface area contributed by atoms with Crippen LogP contribution in [0.15, 0.2) is 12.3 Å². The van der Waals surface area contributed by atoms with Crippen LogP contribution in [0.2, 0.25) is 0 Å². The Labute approximate surface area is 87.7 Å². The number of aromatic nitrogens is 2. The highest BCUT2D eigenvalue weighted by Gasteiger charge is 2.01. The molecule has 0 radical (unpaired) electrons. The molecule has 1 N–H and O–H groups in total. The highest BCUT2D eigenvalue weighted by Crippen LogP contribution is 2.26. The van der Waals surface area contributed by atoms with Gasteiger partial charge in [-0.05, 0) is 13.0 Å². The number of anilines is 1. The molecule has 0 saturated heterocycles. The molecule has 62 valence electrons. The van der Waals surface area contributed by atoms with E-state index in [1.54, 1.807) is 17.5 Å². The maximum Gasteiger partial charge on any atom is 0.192 e. The third-order valence-electron chi connectivity index (χ3n) is 1.49. The van der Waals surface area contributed by atoms with Gasteiger partial charge in [0, 0.05) is 5.69 Å². The molecule has 0 aliphatic heterocycles. The molecule has 0 aliphatic carbocycles. The second-order valence-corrected chi connectivity index (χ2v) is 3.98. The molecule has 0 bridgehead atoms. The molecule has 5 heteroatoms. The van der Waals surface area contributed by atoms with E-state index in [1.165, 1.54) is 4.70 Å². The fourth-order valence-corrected chi connectivity index (χ4v) is 2.24. The monoisotopic (exact) mass is 291 g/mol. The lowest BCUT2D eigenvalue weighted by atomic mass is 10.4. The van der Waals surface area contributed by atoms with E-state index in [-0.39, 0.29) is 0 Å². The van der Waals surface area contributed by atoms with Crippen LogP contribution < -0.4 is 3.53 Å². The normalized spacial score (nSPS) is 10.5. The van der Waals surface area contributed by atoms with Crippen molar-refractivity contribution in [1.82, 2.24) is 9.97 Å². The first-order valence-electron chi connectivity index (χ1n) is 3.39. The summed E-state index contributed by atoms with van der Waals surface area (Å²) in [6.45, 7) is 1.98. The van der Waals surface area contributed by atoms with Gasteiger partial charge in [-0.1, -0.05) is 11.3 Å². The Morgan fingerprint density at radius 1 is 1.58 bits per heavy atom. The SMILES string of the molecule is Cc1cc2sc(NI)nc2cn1. The van der Waals surface area contributed by atoms with Crippen LogP contribution in [-0.4, -0.2) is 9.97 Å². The van der Waals surface area contributed by atoms with E-state index in [2.05, 4.69) is 36.4 Å². The van der Waals surface area contributed by atoms with Crippen LogP contribution in [0.25, 0.3) is 10.2 Å². The second-order valence-electron chi connectivity index (χ2n) is 2.41. The average molecular weight is 291 g/mol. The minimum atomic E-state index is 0.929. The standard InChI is InChI=1S/C7H6IN3S/c1-4-2-6-5(3-9-4)10-7(11-8)12-6/h2-3H,1H3,(H,10,11). The Morgan fingerprint density at radius 3 is 3.17 bits per heavy atom. The molecule has 0 atom stereocenters. The number of nitrogens with zero attached hydrogens (tertiary/aromatic N) is 2. The number of hydrogen-bond donors (Lipinski definition) is 1. The number of halogens is 1. The van der Waals surface area contributed by atoms with Crippen molar-refractivity contribution >= 4 is 49.5 Å². The minimum absolute atomic E-state index is 0.929. The number of nitrogens with one attached hydrogen (secondary N) is 1. The van der Waals surface area contributed by atoms with Gasteiger partial charge in [0.15, 0.2) is 5.13 Å².